The molecule has 0 radical (unpaired) electrons. The Kier molecular flexibility index (Phi) is 6.09. The van der Waals surface area contributed by atoms with Crippen LogP contribution in [0, 0.1) is 0 Å². The first kappa shape index (κ1) is 19.2. The van der Waals surface area contributed by atoms with Gasteiger partial charge in [-0.2, -0.15) is 0 Å². The number of ether oxygens (including phenoxy) is 1. The highest BCUT2D eigenvalue weighted by atomic mass is 16.6. The molecule has 5 heteroatoms. The van der Waals surface area contributed by atoms with Gasteiger partial charge in [-0.15, -0.1) is 0 Å². The van der Waals surface area contributed by atoms with E-state index in [0.29, 0.717) is 11.1 Å². The Morgan fingerprint density at radius 1 is 0.714 bits per heavy atom. The number of nitrogens with two attached hydrogens (primary N) is 1. The quantitative estimate of drug-likeness (QED) is 0.407. The largest absolute Gasteiger partial charge is 0.388 e. The molecule has 3 rings (SSSR count). The van der Waals surface area contributed by atoms with Crippen LogP contribution in [-0.4, -0.2) is 23.8 Å². The molecule has 28 heavy (non-hydrogen) atoms. The van der Waals surface area contributed by atoms with Crippen LogP contribution in [0.15, 0.2) is 84.9 Å². The van der Waals surface area contributed by atoms with Gasteiger partial charge in [-0.1, -0.05) is 72.8 Å². The zero-order chi connectivity index (χ0) is 19.9. The summed E-state index contributed by atoms with van der Waals surface area (Å²) >= 11 is 0. The summed E-state index contributed by atoms with van der Waals surface area (Å²) in [6.07, 6.45) is 0.275. The zero-order valence-corrected chi connectivity index (χ0v) is 15.1. The molecule has 0 aliphatic rings. The second-order valence-electron chi connectivity index (χ2n) is 6.28. The van der Waals surface area contributed by atoms with E-state index < -0.39 is 18.0 Å². The van der Waals surface area contributed by atoms with E-state index in [4.69, 9.17) is 10.5 Å². The fraction of sp³-hybridized carbons (Fsp3) is 0.0870. The second-order valence-corrected chi connectivity index (χ2v) is 6.28. The van der Waals surface area contributed by atoms with E-state index in [2.05, 4.69) is 0 Å². The van der Waals surface area contributed by atoms with Crippen molar-refractivity contribution in [3.8, 4) is 0 Å². The monoisotopic (exact) mass is 373 g/mol. The van der Waals surface area contributed by atoms with Crippen molar-refractivity contribution in [2.75, 3.05) is 0 Å². The third-order valence-electron chi connectivity index (χ3n) is 4.21. The molecule has 0 aromatic heterocycles. The van der Waals surface area contributed by atoms with Gasteiger partial charge in [0.2, 0.25) is 0 Å². The number of esters is 2. The Hall–Kier alpha value is -3.57. The lowest BCUT2D eigenvalue weighted by atomic mass is 10.0. The van der Waals surface area contributed by atoms with Crippen LogP contribution in [0.1, 0.15) is 31.8 Å². The minimum absolute atomic E-state index is 0.151. The van der Waals surface area contributed by atoms with Gasteiger partial charge in [0.25, 0.3) is 0 Å². The normalized spacial score (nSPS) is 11.5. The van der Waals surface area contributed by atoms with Crippen LogP contribution >= 0.6 is 0 Å². The van der Waals surface area contributed by atoms with Gasteiger partial charge in [0.15, 0.2) is 5.78 Å². The van der Waals surface area contributed by atoms with E-state index in [1.807, 2.05) is 36.4 Å². The summed E-state index contributed by atoms with van der Waals surface area (Å²) in [4.78, 5) is 36.6. The standard InChI is InChI=1S/C23H19NO4/c24-20(15-16-7-3-1-4-8-16)23(27)28-22(26)19-13-11-18(12-14-19)21(25)17-9-5-2-6-10-17/h1-14,20H,15,24H2/t20-/m0/s1. The minimum Gasteiger partial charge on any atom is -0.388 e. The molecular formula is C23H19NO4. The number of rotatable bonds is 6. The maximum Gasteiger partial charge on any atom is 0.345 e. The molecule has 0 bridgehead atoms. The van der Waals surface area contributed by atoms with Crippen LogP contribution in [0.5, 0.6) is 0 Å². The number of carbonyl (C=O) groups excluding carboxylic acids is 3. The van der Waals surface area contributed by atoms with Gasteiger partial charge in [0.1, 0.15) is 6.04 Å². The predicted molar refractivity (Wildman–Crippen MR) is 105 cm³/mol. The molecule has 0 unspecified atom stereocenters. The summed E-state index contributed by atoms with van der Waals surface area (Å²) in [6.45, 7) is 0. The van der Waals surface area contributed by atoms with E-state index in [-0.39, 0.29) is 17.8 Å². The Morgan fingerprint density at radius 2 is 1.21 bits per heavy atom. The summed E-state index contributed by atoms with van der Waals surface area (Å²) in [5, 5.41) is 0. The fourth-order valence-corrected chi connectivity index (χ4v) is 2.69. The molecule has 140 valence electrons. The molecule has 0 heterocycles. The molecule has 0 saturated heterocycles. The first-order valence-corrected chi connectivity index (χ1v) is 8.80. The van der Waals surface area contributed by atoms with Gasteiger partial charge in [-0.3, -0.25) is 4.79 Å². The number of ketones is 1. The Labute approximate surface area is 162 Å². The SMILES string of the molecule is N[C@@H](Cc1ccccc1)C(=O)OC(=O)c1ccc(C(=O)c2ccccc2)cc1. The van der Waals surface area contributed by atoms with Crippen molar-refractivity contribution in [2.24, 2.45) is 5.73 Å². The molecule has 3 aromatic carbocycles. The van der Waals surface area contributed by atoms with Crippen LogP contribution in [-0.2, 0) is 16.0 Å². The Balaban J connectivity index is 1.61. The van der Waals surface area contributed by atoms with E-state index in [0.717, 1.165) is 5.56 Å². The van der Waals surface area contributed by atoms with E-state index >= 15 is 0 Å². The van der Waals surface area contributed by atoms with Crippen LogP contribution < -0.4 is 5.73 Å². The lowest BCUT2D eigenvalue weighted by molar-refractivity contribution is -0.139. The Bertz CT molecular complexity index is 967. The van der Waals surface area contributed by atoms with Gasteiger partial charge in [-0.25, -0.2) is 9.59 Å². The van der Waals surface area contributed by atoms with Gasteiger partial charge >= 0.3 is 11.9 Å². The molecule has 0 fully saturated rings. The summed E-state index contributed by atoms with van der Waals surface area (Å²) in [6, 6.07) is 23.1. The van der Waals surface area contributed by atoms with Crippen molar-refractivity contribution in [2.45, 2.75) is 12.5 Å². The van der Waals surface area contributed by atoms with E-state index in [1.165, 1.54) is 24.3 Å². The molecule has 5 nitrogen and oxygen atoms in total. The zero-order valence-electron chi connectivity index (χ0n) is 15.1. The maximum atomic E-state index is 12.4. The van der Waals surface area contributed by atoms with Crippen molar-refractivity contribution in [3.05, 3.63) is 107 Å². The lowest BCUT2D eigenvalue weighted by Crippen LogP contribution is -2.35. The maximum absolute atomic E-state index is 12.4. The molecule has 0 aliphatic heterocycles. The molecule has 3 aromatic rings. The van der Waals surface area contributed by atoms with Gasteiger partial charge in [0, 0.05) is 11.1 Å². The lowest BCUT2D eigenvalue weighted by Gasteiger charge is -2.10. The fourth-order valence-electron chi connectivity index (χ4n) is 2.69. The number of benzene rings is 3. The topological polar surface area (TPSA) is 86.5 Å². The molecule has 2 N–H and O–H groups in total. The van der Waals surface area contributed by atoms with Crippen LogP contribution in [0.4, 0.5) is 0 Å². The van der Waals surface area contributed by atoms with Crippen LogP contribution in [0.2, 0.25) is 0 Å². The van der Waals surface area contributed by atoms with E-state index in [1.54, 1.807) is 24.3 Å². The molecule has 0 amide bonds. The number of carbonyl (C=O) groups is 3. The van der Waals surface area contributed by atoms with E-state index in [9.17, 15) is 14.4 Å². The summed E-state index contributed by atoms with van der Waals surface area (Å²) in [5.74, 6) is -1.74. The highest BCUT2D eigenvalue weighted by molar-refractivity contribution is 6.09. The molecular weight excluding hydrogens is 354 g/mol. The predicted octanol–water partition coefficient (Wildman–Crippen LogP) is 3.17. The van der Waals surface area contributed by atoms with Gasteiger partial charge < -0.3 is 10.5 Å². The van der Waals surface area contributed by atoms with Crippen molar-refractivity contribution in [1.82, 2.24) is 0 Å². The van der Waals surface area contributed by atoms with Crippen molar-refractivity contribution < 1.29 is 19.1 Å². The van der Waals surface area contributed by atoms with Crippen molar-refractivity contribution in [1.29, 1.82) is 0 Å². The second kappa shape index (κ2) is 8.88. The molecule has 0 aliphatic carbocycles. The van der Waals surface area contributed by atoms with Crippen LogP contribution in [0.3, 0.4) is 0 Å². The number of hydrogen-bond donors (Lipinski definition) is 1. The highest BCUT2D eigenvalue weighted by Gasteiger charge is 2.20. The van der Waals surface area contributed by atoms with Gasteiger partial charge in [0.05, 0.1) is 5.56 Å². The average molecular weight is 373 g/mol. The molecule has 1 atom stereocenters. The average Bonchev–Trinajstić information content (AvgIpc) is 2.74. The first-order valence-electron chi connectivity index (χ1n) is 8.80. The summed E-state index contributed by atoms with van der Waals surface area (Å²) in [7, 11) is 0. The smallest absolute Gasteiger partial charge is 0.345 e. The minimum atomic E-state index is -0.940. The highest BCUT2D eigenvalue weighted by Crippen LogP contribution is 2.12. The summed E-state index contributed by atoms with van der Waals surface area (Å²) < 4.78 is 4.87. The molecule has 0 spiro atoms. The van der Waals surface area contributed by atoms with Gasteiger partial charge in [-0.05, 0) is 24.1 Å². The first-order chi connectivity index (χ1) is 13.5. The van der Waals surface area contributed by atoms with Crippen LogP contribution in [0.25, 0.3) is 0 Å². The number of hydrogen-bond acceptors (Lipinski definition) is 5. The summed E-state index contributed by atoms with van der Waals surface area (Å²) in [5.41, 5.74) is 7.88. The van der Waals surface area contributed by atoms with Crippen molar-refractivity contribution in [3.63, 3.8) is 0 Å². The van der Waals surface area contributed by atoms with Crippen molar-refractivity contribution >= 4 is 17.7 Å². The Morgan fingerprint density at radius 3 is 1.82 bits per heavy atom. The molecule has 0 saturated carbocycles. The third kappa shape index (κ3) is 4.78. The third-order valence-corrected chi connectivity index (χ3v) is 4.21.